The number of carbonyl (C=O) groups excluding carboxylic acids is 2. The third-order valence-corrected chi connectivity index (χ3v) is 6.09. The largest absolute Gasteiger partial charge is 0.508 e. The van der Waals surface area contributed by atoms with Crippen LogP contribution in [0.3, 0.4) is 0 Å². The number of amides is 2. The lowest BCUT2D eigenvalue weighted by atomic mass is 10.0. The molecule has 0 saturated carbocycles. The van der Waals surface area contributed by atoms with Crippen molar-refractivity contribution in [1.29, 1.82) is 0 Å². The number of phenols is 1. The fourth-order valence-corrected chi connectivity index (χ4v) is 4.71. The van der Waals surface area contributed by atoms with Gasteiger partial charge in [-0.2, -0.15) is 0 Å². The van der Waals surface area contributed by atoms with Crippen LogP contribution in [0.25, 0.3) is 0 Å². The summed E-state index contributed by atoms with van der Waals surface area (Å²) in [5, 5.41) is 20.1. The number of fused-ring (bicyclic) bond motifs is 1. The first-order valence-electron chi connectivity index (χ1n) is 7.70. The molecule has 1 aromatic rings. The Morgan fingerprint density at radius 2 is 1.96 bits per heavy atom. The molecule has 0 aliphatic carbocycles. The number of carbonyl (C=O) groups is 3. The SMILES string of the molecule is CC1=C(C(=O)O)N2C(=O)C(NC(=O)C(N)c3ccc(O)cc3)C2S(=O)C1. The molecule has 4 unspecified atom stereocenters. The van der Waals surface area contributed by atoms with Crippen LogP contribution in [-0.2, 0) is 25.2 Å². The zero-order chi connectivity index (χ0) is 19.2. The quantitative estimate of drug-likeness (QED) is 0.498. The normalized spacial score (nSPS) is 26.0. The number of β-lactam (4-membered cyclic amide) rings is 1. The van der Waals surface area contributed by atoms with E-state index in [1.165, 1.54) is 31.2 Å². The molecule has 2 aliphatic rings. The number of rotatable bonds is 4. The molecule has 1 fully saturated rings. The highest BCUT2D eigenvalue weighted by Crippen LogP contribution is 2.34. The molecule has 5 N–H and O–H groups in total. The van der Waals surface area contributed by atoms with E-state index in [9.17, 15) is 28.8 Å². The van der Waals surface area contributed by atoms with Crippen molar-refractivity contribution in [2.45, 2.75) is 24.4 Å². The monoisotopic (exact) mass is 379 g/mol. The summed E-state index contributed by atoms with van der Waals surface area (Å²) in [4.78, 5) is 37.0. The second kappa shape index (κ2) is 6.54. The summed E-state index contributed by atoms with van der Waals surface area (Å²) in [7, 11) is -1.53. The van der Waals surface area contributed by atoms with Crippen molar-refractivity contribution in [2.75, 3.05) is 5.75 Å². The molecule has 4 atom stereocenters. The Hall–Kier alpha value is -2.72. The highest BCUT2D eigenvalue weighted by Gasteiger charge is 2.56. The average Bonchev–Trinajstić information content (AvgIpc) is 2.58. The van der Waals surface area contributed by atoms with E-state index in [0.29, 0.717) is 11.1 Å². The maximum Gasteiger partial charge on any atom is 0.352 e. The van der Waals surface area contributed by atoms with Gasteiger partial charge in [-0.15, -0.1) is 0 Å². The smallest absolute Gasteiger partial charge is 0.352 e. The number of nitrogens with one attached hydrogen (secondary N) is 1. The van der Waals surface area contributed by atoms with Gasteiger partial charge in [-0.1, -0.05) is 12.1 Å². The molecule has 0 bridgehead atoms. The lowest BCUT2D eigenvalue weighted by molar-refractivity contribution is -0.151. The Balaban J connectivity index is 1.77. The van der Waals surface area contributed by atoms with Crippen molar-refractivity contribution in [3.05, 3.63) is 41.1 Å². The van der Waals surface area contributed by atoms with E-state index in [2.05, 4.69) is 5.32 Å². The fourth-order valence-electron chi connectivity index (χ4n) is 3.04. The zero-order valence-corrected chi connectivity index (χ0v) is 14.5. The molecule has 2 aliphatic heterocycles. The van der Waals surface area contributed by atoms with Gasteiger partial charge in [0.05, 0.1) is 10.8 Å². The Kier molecular flexibility index (Phi) is 4.55. The summed E-state index contributed by atoms with van der Waals surface area (Å²) in [6.45, 7) is 1.51. The van der Waals surface area contributed by atoms with Crippen LogP contribution in [0.5, 0.6) is 5.75 Å². The molecule has 9 nitrogen and oxygen atoms in total. The predicted octanol–water partition coefficient (Wildman–Crippen LogP) is -0.834. The molecule has 1 saturated heterocycles. The van der Waals surface area contributed by atoms with Crippen LogP contribution in [0, 0.1) is 0 Å². The summed E-state index contributed by atoms with van der Waals surface area (Å²) in [6.07, 6.45) is 0. The highest BCUT2D eigenvalue weighted by molar-refractivity contribution is 7.86. The minimum atomic E-state index is -1.53. The summed E-state index contributed by atoms with van der Waals surface area (Å²) in [6, 6.07) is 3.52. The minimum Gasteiger partial charge on any atom is -0.508 e. The van der Waals surface area contributed by atoms with Crippen LogP contribution in [0.2, 0.25) is 0 Å². The number of aromatic hydroxyl groups is 1. The molecule has 0 spiro atoms. The number of aliphatic carboxylic acids is 1. The van der Waals surface area contributed by atoms with Gasteiger partial charge in [-0.3, -0.25) is 18.7 Å². The Morgan fingerprint density at radius 3 is 2.54 bits per heavy atom. The second-order valence-electron chi connectivity index (χ2n) is 6.11. The standard InChI is InChI=1S/C16H17N3O6S/c1-7-6-26(25)15-11(14(22)19(15)12(7)16(23)24)18-13(21)10(17)8-2-4-9(20)5-3-8/h2-5,10-11,15,20H,6,17H2,1H3,(H,18,21)(H,23,24). The lowest BCUT2D eigenvalue weighted by Crippen LogP contribution is -2.73. The second-order valence-corrected chi connectivity index (χ2v) is 7.65. The van der Waals surface area contributed by atoms with Crippen LogP contribution in [0.15, 0.2) is 35.5 Å². The molecule has 10 heteroatoms. The Bertz CT molecular complexity index is 850. The highest BCUT2D eigenvalue weighted by atomic mass is 32.2. The average molecular weight is 379 g/mol. The fraction of sp³-hybridized carbons (Fsp3) is 0.312. The van der Waals surface area contributed by atoms with E-state index < -0.39 is 46.0 Å². The number of phenolic OH excluding ortho intramolecular Hbond substituents is 1. The van der Waals surface area contributed by atoms with Crippen LogP contribution >= 0.6 is 0 Å². The molecule has 1 aromatic carbocycles. The number of nitrogens with two attached hydrogens (primary N) is 1. The van der Waals surface area contributed by atoms with Gasteiger partial charge in [0.1, 0.15) is 28.9 Å². The molecule has 2 amide bonds. The van der Waals surface area contributed by atoms with E-state index in [0.717, 1.165) is 4.90 Å². The molecule has 138 valence electrons. The maximum atomic E-state index is 12.3. The molecular formula is C16H17N3O6S. The van der Waals surface area contributed by atoms with Crippen molar-refractivity contribution >= 4 is 28.6 Å². The topological polar surface area (TPSA) is 150 Å². The van der Waals surface area contributed by atoms with E-state index in [4.69, 9.17) is 5.73 Å². The first-order valence-corrected chi connectivity index (χ1v) is 9.08. The number of carboxylic acids is 1. The van der Waals surface area contributed by atoms with E-state index in [-0.39, 0.29) is 17.2 Å². The van der Waals surface area contributed by atoms with Gasteiger partial charge < -0.3 is 21.3 Å². The molecule has 2 heterocycles. The predicted molar refractivity (Wildman–Crippen MR) is 90.9 cm³/mol. The molecule has 0 radical (unpaired) electrons. The minimum absolute atomic E-state index is 0.0203. The molecule has 3 rings (SSSR count). The number of hydrogen-bond acceptors (Lipinski definition) is 6. The van der Waals surface area contributed by atoms with Gasteiger partial charge in [-0.25, -0.2) is 4.79 Å². The van der Waals surface area contributed by atoms with Gasteiger partial charge in [-0.05, 0) is 30.2 Å². The first kappa shape index (κ1) is 18.1. The maximum absolute atomic E-state index is 12.3. The van der Waals surface area contributed by atoms with Crippen molar-refractivity contribution in [3.8, 4) is 5.75 Å². The van der Waals surface area contributed by atoms with Crippen molar-refractivity contribution in [1.82, 2.24) is 10.2 Å². The van der Waals surface area contributed by atoms with E-state index in [1.807, 2.05) is 0 Å². The molecule has 26 heavy (non-hydrogen) atoms. The number of hydrogen-bond donors (Lipinski definition) is 4. The van der Waals surface area contributed by atoms with Crippen LogP contribution in [-0.4, -0.2) is 54.3 Å². The van der Waals surface area contributed by atoms with Crippen LogP contribution < -0.4 is 11.1 Å². The van der Waals surface area contributed by atoms with Gasteiger partial charge >= 0.3 is 5.97 Å². The first-order chi connectivity index (χ1) is 12.2. The van der Waals surface area contributed by atoms with Crippen LogP contribution in [0.4, 0.5) is 0 Å². The van der Waals surface area contributed by atoms with E-state index in [1.54, 1.807) is 0 Å². The summed E-state index contributed by atoms with van der Waals surface area (Å²) in [5.41, 5.74) is 6.46. The Morgan fingerprint density at radius 1 is 1.35 bits per heavy atom. The van der Waals surface area contributed by atoms with E-state index >= 15 is 0 Å². The summed E-state index contributed by atoms with van der Waals surface area (Å²) in [5.74, 6) is -2.53. The number of benzene rings is 1. The van der Waals surface area contributed by atoms with Crippen LogP contribution in [0.1, 0.15) is 18.5 Å². The number of carboxylic acid groups (broad SMARTS) is 1. The lowest BCUT2D eigenvalue weighted by Gasteiger charge is -2.49. The van der Waals surface area contributed by atoms with Crippen molar-refractivity contribution in [2.24, 2.45) is 5.73 Å². The van der Waals surface area contributed by atoms with Gasteiger partial charge in [0.25, 0.3) is 5.91 Å². The van der Waals surface area contributed by atoms with Gasteiger partial charge in [0, 0.05) is 5.75 Å². The van der Waals surface area contributed by atoms with Gasteiger partial charge in [0.15, 0.2) is 0 Å². The Labute approximate surface area is 150 Å². The van der Waals surface area contributed by atoms with Crippen molar-refractivity contribution < 1.29 is 28.8 Å². The molecular weight excluding hydrogens is 362 g/mol. The third-order valence-electron chi connectivity index (χ3n) is 4.35. The summed E-state index contributed by atoms with van der Waals surface area (Å²) >= 11 is 0. The zero-order valence-electron chi connectivity index (χ0n) is 13.7. The summed E-state index contributed by atoms with van der Waals surface area (Å²) < 4.78 is 12.3. The van der Waals surface area contributed by atoms with Crippen molar-refractivity contribution in [3.63, 3.8) is 0 Å². The van der Waals surface area contributed by atoms with Gasteiger partial charge in [0.2, 0.25) is 5.91 Å². The molecule has 0 aromatic heterocycles. The third kappa shape index (κ3) is 2.86. The number of nitrogens with zero attached hydrogens (tertiary/aromatic N) is 1.